The van der Waals surface area contributed by atoms with Crippen LogP contribution in [0.4, 0.5) is 5.69 Å². The van der Waals surface area contributed by atoms with E-state index in [4.69, 9.17) is 11.6 Å². The molecule has 0 aliphatic carbocycles. The summed E-state index contributed by atoms with van der Waals surface area (Å²) in [6.07, 6.45) is 0.731. The van der Waals surface area contributed by atoms with Crippen molar-refractivity contribution in [2.24, 2.45) is 0 Å². The number of anilines is 1. The molecule has 3 rings (SSSR count). The Balaban J connectivity index is 1.64. The molecule has 0 spiro atoms. The van der Waals surface area contributed by atoms with E-state index in [9.17, 15) is 4.79 Å². The van der Waals surface area contributed by atoms with E-state index in [2.05, 4.69) is 16.7 Å². The van der Waals surface area contributed by atoms with Crippen LogP contribution in [-0.4, -0.2) is 11.9 Å². The van der Waals surface area contributed by atoms with Crippen LogP contribution in [0.25, 0.3) is 0 Å². The van der Waals surface area contributed by atoms with E-state index in [1.165, 1.54) is 5.56 Å². The van der Waals surface area contributed by atoms with Crippen molar-refractivity contribution in [2.45, 2.75) is 25.4 Å². The predicted molar refractivity (Wildman–Crippen MR) is 85.6 cm³/mol. The maximum absolute atomic E-state index is 12.4. The van der Waals surface area contributed by atoms with Crippen LogP contribution in [0.1, 0.15) is 24.1 Å². The molecule has 108 valence electrons. The third-order valence-electron chi connectivity index (χ3n) is 3.82. The third kappa shape index (κ3) is 3.03. The van der Waals surface area contributed by atoms with Gasteiger partial charge in [-0.2, -0.15) is 0 Å². The van der Waals surface area contributed by atoms with Gasteiger partial charge in [-0.25, -0.2) is 0 Å². The van der Waals surface area contributed by atoms with E-state index < -0.39 is 0 Å². The molecule has 4 heteroatoms. The zero-order chi connectivity index (χ0) is 14.8. The maximum atomic E-state index is 12.4. The number of amides is 1. The Hall–Kier alpha value is -2.00. The van der Waals surface area contributed by atoms with Crippen molar-refractivity contribution in [3.05, 3.63) is 64.7 Å². The summed E-state index contributed by atoms with van der Waals surface area (Å²) in [6.45, 7) is 1.98. The number of rotatable bonds is 3. The molecule has 2 atom stereocenters. The molecule has 2 aromatic rings. The fourth-order valence-electron chi connectivity index (χ4n) is 2.60. The quantitative estimate of drug-likeness (QED) is 0.910. The van der Waals surface area contributed by atoms with Crippen LogP contribution in [-0.2, 0) is 11.2 Å². The Bertz CT molecular complexity index is 629. The summed E-state index contributed by atoms with van der Waals surface area (Å²) in [5.74, 6) is 0.0219. The minimum absolute atomic E-state index is 0.0219. The molecule has 1 heterocycles. The Morgan fingerprint density at radius 1 is 1.24 bits per heavy atom. The lowest BCUT2D eigenvalue weighted by atomic mass is 10.1. The molecule has 0 fully saturated rings. The van der Waals surface area contributed by atoms with Gasteiger partial charge < -0.3 is 10.6 Å². The SMILES string of the molecule is C[C@@H](NC(=O)C1Cc2ccccc2N1)c1ccc(Cl)cc1. The van der Waals surface area contributed by atoms with Crippen LogP contribution in [0, 0.1) is 0 Å². The van der Waals surface area contributed by atoms with Gasteiger partial charge in [0, 0.05) is 17.1 Å². The van der Waals surface area contributed by atoms with Gasteiger partial charge in [-0.05, 0) is 36.2 Å². The fraction of sp³-hybridized carbons (Fsp3) is 0.235. The number of nitrogens with one attached hydrogen (secondary N) is 2. The fourth-order valence-corrected chi connectivity index (χ4v) is 2.73. The first-order valence-corrected chi connectivity index (χ1v) is 7.41. The number of carbonyl (C=O) groups is 1. The monoisotopic (exact) mass is 300 g/mol. The van der Waals surface area contributed by atoms with Gasteiger partial charge in [-0.3, -0.25) is 4.79 Å². The Kier molecular flexibility index (Phi) is 3.84. The average molecular weight is 301 g/mol. The minimum Gasteiger partial charge on any atom is -0.373 e. The highest BCUT2D eigenvalue weighted by Crippen LogP contribution is 2.25. The minimum atomic E-state index is -0.197. The van der Waals surface area contributed by atoms with Gasteiger partial charge in [0.2, 0.25) is 5.91 Å². The molecule has 1 unspecified atom stereocenters. The largest absolute Gasteiger partial charge is 0.373 e. The first-order chi connectivity index (χ1) is 10.1. The van der Waals surface area contributed by atoms with Crippen molar-refractivity contribution < 1.29 is 4.79 Å². The van der Waals surface area contributed by atoms with E-state index in [0.29, 0.717) is 5.02 Å². The lowest BCUT2D eigenvalue weighted by Gasteiger charge is -2.18. The van der Waals surface area contributed by atoms with Crippen LogP contribution < -0.4 is 10.6 Å². The molecular formula is C17H17ClN2O. The number of hydrogen-bond donors (Lipinski definition) is 2. The van der Waals surface area contributed by atoms with Crippen molar-refractivity contribution in [3.63, 3.8) is 0 Å². The molecular weight excluding hydrogens is 284 g/mol. The molecule has 1 aliphatic heterocycles. The van der Waals surface area contributed by atoms with E-state index in [0.717, 1.165) is 17.7 Å². The van der Waals surface area contributed by atoms with Gasteiger partial charge in [-0.15, -0.1) is 0 Å². The number of benzene rings is 2. The van der Waals surface area contributed by atoms with Crippen molar-refractivity contribution in [3.8, 4) is 0 Å². The second-order valence-electron chi connectivity index (χ2n) is 5.34. The number of para-hydroxylation sites is 1. The molecule has 0 saturated heterocycles. The second kappa shape index (κ2) is 5.78. The van der Waals surface area contributed by atoms with E-state index in [-0.39, 0.29) is 18.0 Å². The van der Waals surface area contributed by atoms with Crippen LogP contribution in [0.5, 0.6) is 0 Å². The summed E-state index contributed by atoms with van der Waals surface area (Å²) in [6, 6.07) is 15.3. The average Bonchev–Trinajstić information content (AvgIpc) is 2.92. The van der Waals surface area contributed by atoms with Gasteiger partial charge in [0.25, 0.3) is 0 Å². The molecule has 0 bridgehead atoms. The summed E-state index contributed by atoms with van der Waals surface area (Å²) < 4.78 is 0. The summed E-state index contributed by atoms with van der Waals surface area (Å²) >= 11 is 5.88. The van der Waals surface area contributed by atoms with E-state index in [1.54, 1.807) is 0 Å². The first kappa shape index (κ1) is 14.0. The molecule has 3 nitrogen and oxygen atoms in total. The Labute approximate surface area is 129 Å². The Morgan fingerprint density at radius 2 is 1.95 bits per heavy atom. The predicted octanol–water partition coefficient (Wildman–Crippen LogP) is 3.55. The zero-order valence-electron chi connectivity index (χ0n) is 11.8. The number of fused-ring (bicyclic) bond motifs is 1. The molecule has 1 amide bonds. The molecule has 2 aromatic carbocycles. The van der Waals surface area contributed by atoms with Crippen LogP contribution in [0.15, 0.2) is 48.5 Å². The van der Waals surface area contributed by atoms with Crippen molar-refractivity contribution in [1.29, 1.82) is 0 Å². The smallest absolute Gasteiger partial charge is 0.243 e. The van der Waals surface area contributed by atoms with Gasteiger partial charge >= 0.3 is 0 Å². The van der Waals surface area contributed by atoms with Crippen LogP contribution in [0.2, 0.25) is 5.02 Å². The molecule has 0 aromatic heterocycles. The van der Waals surface area contributed by atoms with Gasteiger partial charge in [0.05, 0.1) is 6.04 Å². The van der Waals surface area contributed by atoms with Crippen LogP contribution >= 0.6 is 11.6 Å². The van der Waals surface area contributed by atoms with E-state index in [1.807, 2.05) is 49.4 Å². The van der Waals surface area contributed by atoms with Crippen molar-refractivity contribution in [1.82, 2.24) is 5.32 Å². The highest BCUT2D eigenvalue weighted by Gasteiger charge is 2.27. The Morgan fingerprint density at radius 3 is 2.67 bits per heavy atom. The number of carbonyl (C=O) groups excluding carboxylic acids is 1. The molecule has 2 N–H and O–H groups in total. The van der Waals surface area contributed by atoms with E-state index >= 15 is 0 Å². The van der Waals surface area contributed by atoms with Gasteiger partial charge in [0.15, 0.2) is 0 Å². The van der Waals surface area contributed by atoms with Gasteiger partial charge in [0.1, 0.15) is 6.04 Å². The van der Waals surface area contributed by atoms with Crippen LogP contribution in [0.3, 0.4) is 0 Å². The summed E-state index contributed by atoms with van der Waals surface area (Å²) in [4.78, 5) is 12.4. The van der Waals surface area contributed by atoms with Crippen molar-refractivity contribution in [2.75, 3.05) is 5.32 Å². The standard InChI is InChI=1S/C17H17ClN2O/c1-11(12-6-8-14(18)9-7-12)19-17(21)16-10-13-4-2-3-5-15(13)20-16/h2-9,11,16,20H,10H2,1H3,(H,19,21)/t11-,16?/m1/s1. The third-order valence-corrected chi connectivity index (χ3v) is 4.07. The lowest BCUT2D eigenvalue weighted by molar-refractivity contribution is -0.122. The topological polar surface area (TPSA) is 41.1 Å². The highest BCUT2D eigenvalue weighted by molar-refractivity contribution is 6.30. The zero-order valence-corrected chi connectivity index (χ0v) is 12.5. The van der Waals surface area contributed by atoms with Gasteiger partial charge in [-0.1, -0.05) is 41.9 Å². The summed E-state index contributed by atoms with van der Waals surface area (Å²) in [5, 5.41) is 7.01. The normalized spacial score (nSPS) is 17.7. The number of halogens is 1. The second-order valence-corrected chi connectivity index (χ2v) is 5.78. The lowest BCUT2D eigenvalue weighted by Crippen LogP contribution is -2.39. The number of hydrogen-bond acceptors (Lipinski definition) is 2. The molecule has 1 aliphatic rings. The summed E-state index contributed by atoms with van der Waals surface area (Å²) in [7, 11) is 0. The first-order valence-electron chi connectivity index (χ1n) is 7.04. The molecule has 0 radical (unpaired) electrons. The molecule has 21 heavy (non-hydrogen) atoms. The highest BCUT2D eigenvalue weighted by atomic mass is 35.5. The molecule has 0 saturated carbocycles. The maximum Gasteiger partial charge on any atom is 0.243 e. The van der Waals surface area contributed by atoms with Crippen molar-refractivity contribution >= 4 is 23.2 Å². The summed E-state index contributed by atoms with van der Waals surface area (Å²) in [5.41, 5.74) is 3.29.